The quantitative estimate of drug-likeness (QED) is 0.857. The summed E-state index contributed by atoms with van der Waals surface area (Å²) in [5.74, 6) is 0.553. The summed E-state index contributed by atoms with van der Waals surface area (Å²) in [6.45, 7) is 2.68. The van der Waals surface area contributed by atoms with Crippen LogP contribution in [-0.4, -0.2) is 24.0 Å². The van der Waals surface area contributed by atoms with E-state index in [1.807, 2.05) is 29.6 Å². The van der Waals surface area contributed by atoms with Crippen LogP contribution < -0.4 is 15.8 Å². The van der Waals surface area contributed by atoms with Crippen LogP contribution in [0.25, 0.3) is 11.3 Å². The van der Waals surface area contributed by atoms with Gasteiger partial charge in [-0.3, -0.25) is 4.79 Å². The van der Waals surface area contributed by atoms with Gasteiger partial charge in [-0.15, -0.1) is 11.3 Å². The van der Waals surface area contributed by atoms with Crippen LogP contribution in [0.1, 0.15) is 13.3 Å². The number of aromatic nitrogens is 1. The lowest BCUT2D eigenvalue weighted by molar-refractivity contribution is -0.114. The minimum absolute atomic E-state index is 0.0505. The van der Waals surface area contributed by atoms with Crippen molar-refractivity contribution in [2.75, 3.05) is 18.5 Å². The molecule has 0 bridgehead atoms. The van der Waals surface area contributed by atoms with Crippen molar-refractivity contribution in [3.05, 3.63) is 29.6 Å². The van der Waals surface area contributed by atoms with E-state index in [9.17, 15) is 4.79 Å². The van der Waals surface area contributed by atoms with Crippen molar-refractivity contribution in [1.82, 2.24) is 4.98 Å². The highest BCUT2D eigenvalue weighted by Gasteiger charge is 2.11. The second-order valence-electron chi connectivity index (χ2n) is 4.13. The molecule has 0 saturated heterocycles. The lowest BCUT2D eigenvalue weighted by Gasteiger charge is -2.08. The number of carbonyl (C=O) groups excluding carboxylic acids is 1. The van der Waals surface area contributed by atoms with Crippen molar-refractivity contribution in [3.8, 4) is 17.0 Å². The van der Waals surface area contributed by atoms with Crippen LogP contribution >= 0.6 is 11.3 Å². The summed E-state index contributed by atoms with van der Waals surface area (Å²) in [6, 6.07) is 7.74. The third-order valence-electron chi connectivity index (χ3n) is 2.56. The minimum Gasteiger partial charge on any atom is -0.493 e. The van der Waals surface area contributed by atoms with Crippen molar-refractivity contribution in [2.45, 2.75) is 13.3 Å². The summed E-state index contributed by atoms with van der Waals surface area (Å²) in [4.78, 5) is 15.6. The maximum absolute atomic E-state index is 11.2. The molecule has 0 fully saturated rings. The largest absolute Gasteiger partial charge is 0.493 e. The van der Waals surface area contributed by atoms with Gasteiger partial charge in [0.05, 0.1) is 18.8 Å². The van der Waals surface area contributed by atoms with Gasteiger partial charge in [0.25, 0.3) is 0 Å². The summed E-state index contributed by atoms with van der Waals surface area (Å²) in [5.41, 5.74) is 6.97. The molecule has 20 heavy (non-hydrogen) atoms. The molecule has 6 heteroatoms. The number of para-hydroxylation sites is 1. The molecule has 0 saturated carbocycles. The SMILES string of the molecule is CCCOc1ccccc1-c1csc(NC(=O)CN)n1. The Morgan fingerprint density at radius 3 is 3.00 bits per heavy atom. The second kappa shape index (κ2) is 7.02. The van der Waals surface area contributed by atoms with E-state index in [0.717, 1.165) is 23.4 Å². The third kappa shape index (κ3) is 3.55. The van der Waals surface area contributed by atoms with Crippen LogP contribution in [0.5, 0.6) is 5.75 Å². The molecule has 3 N–H and O–H groups in total. The van der Waals surface area contributed by atoms with E-state index >= 15 is 0 Å². The maximum atomic E-state index is 11.2. The van der Waals surface area contributed by atoms with Crippen molar-refractivity contribution in [3.63, 3.8) is 0 Å². The van der Waals surface area contributed by atoms with Gasteiger partial charge in [-0.05, 0) is 18.6 Å². The average Bonchev–Trinajstić information content (AvgIpc) is 2.93. The fourth-order valence-corrected chi connectivity index (χ4v) is 2.37. The number of amides is 1. The number of hydrogen-bond acceptors (Lipinski definition) is 5. The van der Waals surface area contributed by atoms with Crippen molar-refractivity contribution >= 4 is 22.4 Å². The molecule has 1 aromatic heterocycles. The number of ether oxygens (including phenoxy) is 1. The van der Waals surface area contributed by atoms with E-state index in [1.54, 1.807) is 0 Å². The topological polar surface area (TPSA) is 77.2 Å². The number of rotatable bonds is 6. The average molecular weight is 291 g/mol. The van der Waals surface area contributed by atoms with Crippen molar-refractivity contribution in [1.29, 1.82) is 0 Å². The smallest absolute Gasteiger partial charge is 0.239 e. The van der Waals surface area contributed by atoms with Crippen molar-refractivity contribution < 1.29 is 9.53 Å². The van der Waals surface area contributed by atoms with Crippen LogP contribution in [0.3, 0.4) is 0 Å². The molecule has 1 aromatic carbocycles. The van der Waals surface area contributed by atoms with Gasteiger partial charge in [0.2, 0.25) is 5.91 Å². The first-order valence-electron chi connectivity index (χ1n) is 6.42. The predicted octanol–water partition coefficient (Wildman–Crippen LogP) is 2.50. The first kappa shape index (κ1) is 14.5. The Labute approximate surface area is 121 Å². The maximum Gasteiger partial charge on any atom is 0.239 e. The zero-order valence-electron chi connectivity index (χ0n) is 11.3. The number of thiazole rings is 1. The van der Waals surface area contributed by atoms with E-state index in [-0.39, 0.29) is 12.5 Å². The Balaban J connectivity index is 2.21. The number of nitrogens with one attached hydrogen (secondary N) is 1. The Kier molecular flexibility index (Phi) is 5.09. The van der Waals surface area contributed by atoms with E-state index in [4.69, 9.17) is 10.5 Å². The van der Waals surface area contributed by atoms with Gasteiger partial charge in [-0.25, -0.2) is 4.98 Å². The fourth-order valence-electron chi connectivity index (χ4n) is 1.64. The van der Waals surface area contributed by atoms with E-state index < -0.39 is 0 Å². The van der Waals surface area contributed by atoms with Gasteiger partial charge in [-0.1, -0.05) is 19.1 Å². The van der Waals surface area contributed by atoms with Crippen LogP contribution in [0, 0.1) is 0 Å². The van der Waals surface area contributed by atoms with E-state index in [0.29, 0.717) is 11.7 Å². The van der Waals surface area contributed by atoms with Crippen LogP contribution in [-0.2, 0) is 4.79 Å². The lowest BCUT2D eigenvalue weighted by atomic mass is 10.1. The number of benzene rings is 1. The third-order valence-corrected chi connectivity index (χ3v) is 3.32. The van der Waals surface area contributed by atoms with Crippen LogP contribution in [0.2, 0.25) is 0 Å². The summed E-state index contributed by atoms with van der Waals surface area (Å²) in [6.07, 6.45) is 0.948. The highest BCUT2D eigenvalue weighted by molar-refractivity contribution is 7.14. The Morgan fingerprint density at radius 2 is 2.25 bits per heavy atom. The molecule has 1 amide bonds. The normalized spacial score (nSPS) is 10.3. The molecule has 0 spiro atoms. The van der Waals surface area contributed by atoms with Gasteiger partial charge >= 0.3 is 0 Å². The van der Waals surface area contributed by atoms with Gasteiger partial charge in [0.1, 0.15) is 5.75 Å². The van der Waals surface area contributed by atoms with Gasteiger partial charge in [0.15, 0.2) is 5.13 Å². The molecule has 2 aromatic rings. The number of nitrogens with zero attached hydrogens (tertiary/aromatic N) is 1. The monoisotopic (exact) mass is 291 g/mol. The number of hydrogen-bond donors (Lipinski definition) is 2. The number of carbonyl (C=O) groups is 1. The highest BCUT2D eigenvalue weighted by Crippen LogP contribution is 2.32. The highest BCUT2D eigenvalue weighted by atomic mass is 32.1. The van der Waals surface area contributed by atoms with Crippen LogP contribution in [0.4, 0.5) is 5.13 Å². The molecule has 0 atom stereocenters. The Hall–Kier alpha value is -1.92. The molecule has 0 aliphatic carbocycles. The first-order chi connectivity index (χ1) is 9.74. The zero-order chi connectivity index (χ0) is 14.4. The molecule has 106 valence electrons. The molecule has 0 radical (unpaired) electrons. The van der Waals surface area contributed by atoms with E-state index in [2.05, 4.69) is 17.2 Å². The molecule has 0 aliphatic heterocycles. The zero-order valence-corrected chi connectivity index (χ0v) is 12.1. The van der Waals surface area contributed by atoms with Crippen LogP contribution in [0.15, 0.2) is 29.6 Å². The molecule has 2 rings (SSSR count). The molecule has 1 heterocycles. The van der Waals surface area contributed by atoms with Gasteiger partial charge in [-0.2, -0.15) is 0 Å². The Bertz CT molecular complexity index is 583. The Morgan fingerprint density at radius 1 is 1.45 bits per heavy atom. The standard InChI is InChI=1S/C14H17N3O2S/c1-2-7-19-12-6-4-3-5-10(12)11-9-20-14(16-11)17-13(18)8-15/h3-6,9H,2,7-8,15H2,1H3,(H,16,17,18). The number of nitrogens with two attached hydrogens (primary N) is 1. The number of anilines is 1. The first-order valence-corrected chi connectivity index (χ1v) is 7.30. The van der Waals surface area contributed by atoms with Gasteiger partial charge < -0.3 is 15.8 Å². The summed E-state index contributed by atoms with van der Waals surface area (Å²) in [5, 5.41) is 5.08. The fraction of sp³-hybridized carbons (Fsp3) is 0.286. The second-order valence-corrected chi connectivity index (χ2v) is 4.99. The minimum atomic E-state index is -0.249. The molecular weight excluding hydrogens is 274 g/mol. The van der Waals surface area contributed by atoms with Gasteiger partial charge in [0, 0.05) is 10.9 Å². The molecule has 5 nitrogen and oxygen atoms in total. The summed E-state index contributed by atoms with van der Waals surface area (Å²) in [7, 11) is 0. The summed E-state index contributed by atoms with van der Waals surface area (Å²) < 4.78 is 5.71. The predicted molar refractivity (Wildman–Crippen MR) is 81.0 cm³/mol. The molecule has 0 aliphatic rings. The molecule has 0 unspecified atom stereocenters. The molecular formula is C14H17N3O2S. The van der Waals surface area contributed by atoms with E-state index in [1.165, 1.54) is 11.3 Å². The summed E-state index contributed by atoms with van der Waals surface area (Å²) >= 11 is 1.37. The van der Waals surface area contributed by atoms with Crippen molar-refractivity contribution in [2.24, 2.45) is 5.73 Å². The lowest BCUT2D eigenvalue weighted by Crippen LogP contribution is -2.21.